The molecule has 1 rings (SSSR count). The molecule has 0 unspecified atom stereocenters. The van der Waals surface area contributed by atoms with Gasteiger partial charge in [-0.25, -0.2) is 0 Å². The molecular weight excluding hydrogens is 254 g/mol. The van der Waals surface area contributed by atoms with Gasteiger partial charge < -0.3 is 9.84 Å². The van der Waals surface area contributed by atoms with Crippen molar-refractivity contribution < 1.29 is 9.84 Å². The summed E-state index contributed by atoms with van der Waals surface area (Å²) >= 11 is 0. The molecule has 1 N–H and O–H groups in total. The molecule has 1 aromatic rings. The van der Waals surface area contributed by atoms with E-state index in [0.717, 1.165) is 49.4 Å². The average molecular weight is 279 g/mol. The van der Waals surface area contributed by atoms with Crippen molar-refractivity contribution in [2.75, 3.05) is 26.8 Å². The minimum absolute atomic E-state index is 0.222. The molecule has 0 radical (unpaired) electrons. The molecular formula is C15H25N3O2. The zero-order chi connectivity index (χ0) is 14.8. The van der Waals surface area contributed by atoms with Crippen LogP contribution in [0.15, 0.2) is 28.5 Å². The van der Waals surface area contributed by atoms with Crippen LogP contribution in [0.4, 0.5) is 5.69 Å². The minimum atomic E-state index is 0.222. The molecule has 0 amide bonds. The van der Waals surface area contributed by atoms with Crippen molar-refractivity contribution in [1.82, 2.24) is 5.01 Å². The Balaban J connectivity index is 2.94. The summed E-state index contributed by atoms with van der Waals surface area (Å²) in [6.07, 6.45) is 2.59. The fraction of sp³-hybridized carbons (Fsp3) is 0.600. The monoisotopic (exact) mass is 279 g/mol. The third kappa shape index (κ3) is 4.81. The molecule has 0 saturated heterocycles. The Hall–Kier alpha value is -1.62. The van der Waals surface area contributed by atoms with Crippen molar-refractivity contribution >= 4 is 5.69 Å². The highest BCUT2D eigenvalue weighted by Gasteiger charge is 2.09. The molecule has 0 aliphatic heterocycles. The van der Waals surface area contributed by atoms with Crippen molar-refractivity contribution in [3.63, 3.8) is 0 Å². The number of hydrogen-bond donors (Lipinski definition) is 1. The second kappa shape index (κ2) is 9.31. The lowest BCUT2D eigenvalue weighted by molar-refractivity contribution is 0.284. The molecule has 0 atom stereocenters. The summed E-state index contributed by atoms with van der Waals surface area (Å²) in [6.45, 7) is 5.98. The van der Waals surface area contributed by atoms with Crippen molar-refractivity contribution in [1.29, 1.82) is 0 Å². The van der Waals surface area contributed by atoms with Gasteiger partial charge in [0.25, 0.3) is 0 Å². The summed E-state index contributed by atoms with van der Waals surface area (Å²) in [5, 5.41) is 19.4. The Kier molecular flexibility index (Phi) is 7.65. The molecule has 0 spiro atoms. The third-order valence-corrected chi connectivity index (χ3v) is 3.16. The van der Waals surface area contributed by atoms with E-state index in [0.29, 0.717) is 0 Å². The first kappa shape index (κ1) is 16.4. The van der Waals surface area contributed by atoms with Crippen LogP contribution in [0.3, 0.4) is 0 Å². The fourth-order valence-electron chi connectivity index (χ4n) is 1.93. The summed E-state index contributed by atoms with van der Waals surface area (Å²) in [6, 6.07) is 5.89. The van der Waals surface area contributed by atoms with Gasteiger partial charge in [0, 0.05) is 19.7 Å². The van der Waals surface area contributed by atoms with E-state index in [1.807, 2.05) is 37.1 Å². The number of rotatable bonds is 9. The van der Waals surface area contributed by atoms with Gasteiger partial charge >= 0.3 is 0 Å². The van der Waals surface area contributed by atoms with Crippen LogP contribution in [0.2, 0.25) is 0 Å². The van der Waals surface area contributed by atoms with E-state index in [1.165, 1.54) is 0 Å². The number of aliphatic hydroxyl groups is 1. The molecule has 0 fully saturated rings. The Morgan fingerprint density at radius 2 is 1.95 bits per heavy atom. The highest BCUT2D eigenvalue weighted by molar-refractivity contribution is 5.57. The first-order valence-corrected chi connectivity index (χ1v) is 7.20. The molecule has 20 heavy (non-hydrogen) atoms. The number of methoxy groups -OCH3 is 1. The molecule has 5 nitrogen and oxygen atoms in total. The highest BCUT2D eigenvalue weighted by Crippen LogP contribution is 2.32. The van der Waals surface area contributed by atoms with E-state index in [9.17, 15) is 0 Å². The summed E-state index contributed by atoms with van der Waals surface area (Å²) < 4.78 is 5.37. The first-order valence-electron chi connectivity index (χ1n) is 7.20. The van der Waals surface area contributed by atoms with E-state index in [4.69, 9.17) is 9.84 Å². The zero-order valence-electron chi connectivity index (χ0n) is 12.7. The predicted octanol–water partition coefficient (Wildman–Crippen LogP) is 3.35. The molecule has 1 aromatic carbocycles. The third-order valence-electron chi connectivity index (χ3n) is 3.16. The molecule has 0 saturated carbocycles. The summed E-state index contributed by atoms with van der Waals surface area (Å²) in [5.74, 6) is 0.738. The van der Waals surface area contributed by atoms with Gasteiger partial charge in [0.2, 0.25) is 0 Å². The van der Waals surface area contributed by atoms with Crippen LogP contribution < -0.4 is 4.74 Å². The molecule has 0 aliphatic rings. The maximum Gasteiger partial charge on any atom is 0.146 e. The van der Waals surface area contributed by atoms with Crippen molar-refractivity contribution in [3.8, 4) is 5.75 Å². The van der Waals surface area contributed by atoms with Gasteiger partial charge in [0.15, 0.2) is 0 Å². The van der Waals surface area contributed by atoms with E-state index in [2.05, 4.69) is 10.3 Å². The van der Waals surface area contributed by atoms with Crippen LogP contribution in [0.5, 0.6) is 5.75 Å². The Morgan fingerprint density at radius 3 is 2.55 bits per heavy atom. The smallest absolute Gasteiger partial charge is 0.146 e. The SMILES string of the molecule is CCN(CC)N=Nc1c(CCCCO)cccc1OC. The maximum absolute atomic E-state index is 8.88. The largest absolute Gasteiger partial charge is 0.494 e. The van der Waals surface area contributed by atoms with Crippen LogP contribution in [-0.2, 0) is 6.42 Å². The Bertz CT molecular complexity index is 418. The van der Waals surface area contributed by atoms with Crippen LogP contribution in [-0.4, -0.2) is 36.9 Å². The van der Waals surface area contributed by atoms with Gasteiger partial charge in [0.05, 0.1) is 7.11 Å². The number of aliphatic hydroxyl groups excluding tert-OH is 1. The molecule has 5 heteroatoms. The van der Waals surface area contributed by atoms with E-state index in [1.54, 1.807) is 7.11 Å². The van der Waals surface area contributed by atoms with E-state index >= 15 is 0 Å². The summed E-state index contributed by atoms with van der Waals surface area (Å²) in [5.41, 5.74) is 1.90. The minimum Gasteiger partial charge on any atom is -0.494 e. The Labute approximate surface area is 121 Å². The van der Waals surface area contributed by atoms with Crippen molar-refractivity contribution in [3.05, 3.63) is 23.8 Å². The number of nitrogens with zero attached hydrogens (tertiary/aromatic N) is 3. The van der Waals surface area contributed by atoms with E-state index < -0.39 is 0 Å². The number of hydrogen-bond acceptors (Lipinski definition) is 4. The number of unbranched alkanes of at least 4 members (excludes halogenated alkanes) is 1. The molecule has 0 bridgehead atoms. The topological polar surface area (TPSA) is 57.4 Å². The van der Waals surface area contributed by atoms with Crippen molar-refractivity contribution in [2.24, 2.45) is 10.3 Å². The lowest BCUT2D eigenvalue weighted by Gasteiger charge is -2.13. The number of aryl methyl sites for hydroxylation is 1. The Morgan fingerprint density at radius 1 is 1.20 bits per heavy atom. The van der Waals surface area contributed by atoms with Crippen LogP contribution in [0.1, 0.15) is 32.3 Å². The van der Waals surface area contributed by atoms with Crippen molar-refractivity contribution in [2.45, 2.75) is 33.1 Å². The molecule has 0 aliphatic carbocycles. The van der Waals surface area contributed by atoms with Gasteiger partial charge in [-0.1, -0.05) is 17.4 Å². The molecule has 0 aromatic heterocycles. The number of ether oxygens (including phenoxy) is 1. The lowest BCUT2D eigenvalue weighted by atomic mass is 10.1. The average Bonchev–Trinajstić information content (AvgIpc) is 2.49. The van der Waals surface area contributed by atoms with Gasteiger partial charge in [-0.3, -0.25) is 5.01 Å². The molecule has 112 valence electrons. The second-order valence-corrected chi connectivity index (χ2v) is 4.48. The van der Waals surface area contributed by atoms with Crippen LogP contribution >= 0.6 is 0 Å². The number of benzene rings is 1. The summed E-state index contributed by atoms with van der Waals surface area (Å²) in [4.78, 5) is 0. The summed E-state index contributed by atoms with van der Waals surface area (Å²) in [7, 11) is 1.64. The lowest BCUT2D eigenvalue weighted by Crippen LogP contribution is -2.14. The standard InChI is InChI=1S/C15H25N3O2/c1-4-18(5-2)17-16-15-13(9-6-7-12-19)10-8-11-14(15)20-3/h8,10-11,19H,4-7,9,12H2,1-3H3. The highest BCUT2D eigenvalue weighted by atomic mass is 16.5. The first-order chi connectivity index (χ1) is 9.76. The van der Waals surface area contributed by atoms with E-state index in [-0.39, 0.29) is 6.61 Å². The van der Waals surface area contributed by atoms with Gasteiger partial charge in [-0.2, -0.15) is 0 Å². The molecule has 0 heterocycles. The maximum atomic E-state index is 8.88. The van der Waals surface area contributed by atoms with Crippen LogP contribution in [0, 0.1) is 0 Å². The normalized spacial score (nSPS) is 11.0. The second-order valence-electron chi connectivity index (χ2n) is 4.48. The van der Waals surface area contributed by atoms with Gasteiger partial charge in [-0.05, 0) is 44.7 Å². The van der Waals surface area contributed by atoms with Gasteiger partial charge in [0.1, 0.15) is 11.4 Å². The zero-order valence-corrected chi connectivity index (χ0v) is 12.7. The van der Waals surface area contributed by atoms with Crippen LogP contribution in [0.25, 0.3) is 0 Å². The predicted molar refractivity (Wildman–Crippen MR) is 80.5 cm³/mol. The van der Waals surface area contributed by atoms with Gasteiger partial charge in [-0.15, -0.1) is 5.11 Å². The quantitative estimate of drug-likeness (QED) is 0.428. The fourth-order valence-corrected chi connectivity index (χ4v) is 1.93.